The van der Waals surface area contributed by atoms with Crippen molar-refractivity contribution in [2.75, 3.05) is 44.7 Å². The molecule has 1 aromatic heterocycles. The predicted octanol–water partition coefficient (Wildman–Crippen LogP) is 1.64. The van der Waals surface area contributed by atoms with Crippen LogP contribution in [0.15, 0.2) is 54.9 Å². The Morgan fingerprint density at radius 3 is 2.76 bits per heavy atom. The lowest BCUT2D eigenvalue weighted by Crippen LogP contribution is -2.50. The second-order valence-electron chi connectivity index (χ2n) is 9.03. The molecule has 0 bridgehead atoms. The van der Waals surface area contributed by atoms with E-state index in [0.717, 1.165) is 28.9 Å². The molecule has 0 saturated carbocycles. The molecule has 2 aliphatic rings. The van der Waals surface area contributed by atoms with E-state index in [2.05, 4.69) is 15.7 Å². The number of benzene rings is 2. The highest BCUT2D eigenvalue weighted by atomic mass is 19.1. The van der Waals surface area contributed by atoms with E-state index >= 15 is 0 Å². The lowest BCUT2D eigenvalue weighted by Gasteiger charge is -2.28. The van der Waals surface area contributed by atoms with Gasteiger partial charge >= 0.3 is 6.03 Å². The van der Waals surface area contributed by atoms with Crippen LogP contribution < -0.4 is 20.3 Å². The number of nitrogens with zero attached hydrogens (tertiary/aromatic N) is 4. The average Bonchev–Trinajstić information content (AvgIpc) is 3.34. The highest BCUT2D eigenvalue weighted by Crippen LogP contribution is 2.32. The highest BCUT2D eigenvalue weighted by Gasteiger charge is 2.32. The van der Waals surface area contributed by atoms with Crippen LogP contribution >= 0.6 is 0 Å². The fraction of sp³-hybridized carbons (Fsp3) is 0.308. The lowest BCUT2D eigenvalue weighted by atomic mass is 10.1. The van der Waals surface area contributed by atoms with Gasteiger partial charge < -0.3 is 25.2 Å². The number of carbonyl (C=O) groups is 3. The van der Waals surface area contributed by atoms with Crippen LogP contribution in [0.4, 0.5) is 14.9 Å². The Morgan fingerprint density at radius 2 is 1.97 bits per heavy atom. The molecule has 1 fully saturated rings. The fourth-order valence-electron chi connectivity index (χ4n) is 4.45. The van der Waals surface area contributed by atoms with Crippen molar-refractivity contribution in [2.24, 2.45) is 0 Å². The number of rotatable bonds is 4. The van der Waals surface area contributed by atoms with E-state index in [1.54, 1.807) is 42.3 Å². The summed E-state index contributed by atoms with van der Waals surface area (Å²) >= 11 is 0. The molecule has 2 N–H and O–H groups in total. The van der Waals surface area contributed by atoms with Crippen molar-refractivity contribution in [2.45, 2.75) is 12.5 Å². The van der Waals surface area contributed by atoms with E-state index in [9.17, 15) is 18.8 Å². The number of ether oxygens (including phenoxy) is 1. The first-order valence-corrected chi connectivity index (χ1v) is 12.0. The smallest absolute Gasteiger partial charge is 0.342 e. The number of halogens is 1. The Hall–Kier alpha value is -4.25. The van der Waals surface area contributed by atoms with Crippen molar-refractivity contribution in [3.8, 4) is 5.75 Å². The minimum absolute atomic E-state index is 0.0789. The largest absolute Gasteiger partial charge is 0.489 e. The minimum atomic E-state index is -0.965. The molecule has 5 rings (SSSR count). The Labute approximate surface area is 213 Å². The first-order valence-electron chi connectivity index (χ1n) is 12.0. The summed E-state index contributed by atoms with van der Waals surface area (Å²) in [5.41, 5.74) is 2.39. The van der Waals surface area contributed by atoms with Gasteiger partial charge in [-0.1, -0.05) is 12.1 Å². The summed E-state index contributed by atoms with van der Waals surface area (Å²) in [6.07, 6.45) is 3.47. The molecule has 3 amide bonds. The maximum atomic E-state index is 13.5. The molecule has 0 spiro atoms. The van der Waals surface area contributed by atoms with Crippen LogP contribution in [0.2, 0.25) is 0 Å². The lowest BCUT2D eigenvalue weighted by molar-refractivity contribution is -0.120. The van der Waals surface area contributed by atoms with Crippen LogP contribution in [-0.2, 0) is 11.2 Å². The number of carbonyl (C=O) groups excluding carboxylic acids is 3. The van der Waals surface area contributed by atoms with Gasteiger partial charge in [0.2, 0.25) is 0 Å². The summed E-state index contributed by atoms with van der Waals surface area (Å²) in [4.78, 5) is 42.1. The molecule has 0 aliphatic carbocycles. The molecule has 3 heterocycles. The van der Waals surface area contributed by atoms with Crippen molar-refractivity contribution >= 4 is 23.5 Å². The zero-order valence-electron chi connectivity index (χ0n) is 20.3. The zero-order valence-corrected chi connectivity index (χ0v) is 20.3. The molecule has 192 valence electrons. The van der Waals surface area contributed by atoms with Crippen LogP contribution in [0.1, 0.15) is 21.5 Å². The maximum Gasteiger partial charge on any atom is 0.342 e. The number of piperazine rings is 1. The van der Waals surface area contributed by atoms with Gasteiger partial charge in [-0.2, -0.15) is 9.78 Å². The predicted molar refractivity (Wildman–Crippen MR) is 133 cm³/mol. The molecular weight excluding hydrogens is 479 g/mol. The first kappa shape index (κ1) is 24.4. The van der Waals surface area contributed by atoms with Crippen LogP contribution in [0, 0.1) is 5.82 Å². The molecule has 2 aliphatic heterocycles. The average molecular weight is 507 g/mol. The summed E-state index contributed by atoms with van der Waals surface area (Å²) in [5.74, 6) is -0.376. The summed E-state index contributed by atoms with van der Waals surface area (Å²) in [6.45, 7) is 2.63. The standard InChI is InChI=1S/C26H27FN6O4/c1-31-22-13-19(24(34)32-9-7-28-8-10-32)5-6-23(22)37-16-21(25(31)35)30-26(36)33-15-18(14-29-33)11-17-3-2-4-20(27)12-17/h2-6,12-15,21,28H,7-11,16H2,1H3,(H,30,36)/t21-/m0/s1. The Morgan fingerprint density at radius 1 is 1.16 bits per heavy atom. The second kappa shape index (κ2) is 10.4. The minimum Gasteiger partial charge on any atom is -0.489 e. The summed E-state index contributed by atoms with van der Waals surface area (Å²) in [5, 5.41) is 9.97. The number of anilines is 1. The van der Waals surface area contributed by atoms with E-state index < -0.39 is 12.1 Å². The summed E-state index contributed by atoms with van der Waals surface area (Å²) in [7, 11) is 1.58. The van der Waals surface area contributed by atoms with Gasteiger partial charge in [-0.15, -0.1) is 0 Å². The van der Waals surface area contributed by atoms with Crippen LogP contribution in [-0.4, -0.2) is 78.4 Å². The molecule has 0 unspecified atom stereocenters. The molecule has 1 atom stereocenters. The molecule has 0 radical (unpaired) electrons. The van der Waals surface area contributed by atoms with Crippen molar-refractivity contribution in [3.05, 3.63) is 77.4 Å². The van der Waals surface area contributed by atoms with Crippen molar-refractivity contribution in [1.82, 2.24) is 25.3 Å². The molecular formula is C26H27FN6O4. The number of hydrogen-bond donors (Lipinski definition) is 2. The number of hydrogen-bond acceptors (Lipinski definition) is 6. The van der Waals surface area contributed by atoms with Crippen molar-refractivity contribution in [1.29, 1.82) is 0 Å². The van der Waals surface area contributed by atoms with E-state index in [0.29, 0.717) is 36.5 Å². The Kier molecular flexibility index (Phi) is 6.87. The molecule has 3 aromatic rings. The van der Waals surface area contributed by atoms with Gasteiger partial charge in [0.05, 0.1) is 11.9 Å². The van der Waals surface area contributed by atoms with Crippen LogP contribution in [0.25, 0.3) is 0 Å². The Bertz CT molecular complexity index is 1340. The van der Waals surface area contributed by atoms with Crippen LogP contribution in [0.5, 0.6) is 5.75 Å². The monoisotopic (exact) mass is 506 g/mol. The van der Waals surface area contributed by atoms with Gasteiger partial charge in [0.15, 0.2) is 0 Å². The summed E-state index contributed by atoms with van der Waals surface area (Å²) in [6, 6.07) is 9.65. The van der Waals surface area contributed by atoms with E-state index in [1.165, 1.54) is 29.4 Å². The molecule has 11 heteroatoms. The van der Waals surface area contributed by atoms with E-state index in [4.69, 9.17) is 4.74 Å². The third-order valence-electron chi connectivity index (χ3n) is 6.44. The number of aromatic nitrogens is 2. The van der Waals surface area contributed by atoms with E-state index in [1.807, 2.05) is 0 Å². The molecule has 37 heavy (non-hydrogen) atoms. The van der Waals surface area contributed by atoms with Gasteiger partial charge in [-0.25, -0.2) is 9.18 Å². The van der Waals surface area contributed by atoms with Gasteiger partial charge in [0.1, 0.15) is 24.2 Å². The zero-order chi connectivity index (χ0) is 25.9. The van der Waals surface area contributed by atoms with Gasteiger partial charge in [0, 0.05) is 51.4 Å². The number of likely N-dealkylation sites (N-methyl/N-ethyl adjacent to an activating group) is 1. The molecule has 2 aromatic carbocycles. The third-order valence-corrected chi connectivity index (χ3v) is 6.44. The van der Waals surface area contributed by atoms with Gasteiger partial charge in [-0.05, 0) is 41.5 Å². The van der Waals surface area contributed by atoms with E-state index in [-0.39, 0.29) is 24.2 Å². The topological polar surface area (TPSA) is 109 Å². The number of amides is 3. The normalized spacial score (nSPS) is 17.6. The SMILES string of the molecule is CN1C(=O)[C@@H](NC(=O)n2cc(Cc3cccc(F)c3)cn2)COc2ccc(C(=O)N3CCNCC3)cc21. The van der Waals surface area contributed by atoms with Crippen molar-refractivity contribution in [3.63, 3.8) is 0 Å². The first-order chi connectivity index (χ1) is 17.9. The van der Waals surface area contributed by atoms with Crippen molar-refractivity contribution < 1.29 is 23.5 Å². The maximum absolute atomic E-state index is 13.5. The van der Waals surface area contributed by atoms with Gasteiger partial charge in [-0.3, -0.25) is 9.59 Å². The fourth-order valence-corrected chi connectivity index (χ4v) is 4.45. The number of nitrogens with one attached hydrogen (secondary N) is 2. The second-order valence-corrected chi connectivity index (χ2v) is 9.03. The van der Waals surface area contributed by atoms with Gasteiger partial charge in [0.25, 0.3) is 11.8 Å². The van der Waals surface area contributed by atoms with Crippen LogP contribution in [0.3, 0.4) is 0 Å². The summed E-state index contributed by atoms with van der Waals surface area (Å²) < 4.78 is 20.4. The Balaban J connectivity index is 1.26. The molecule has 1 saturated heterocycles. The molecule has 10 nitrogen and oxygen atoms in total. The number of fused-ring (bicyclic) bond motifs is 1. The quantitative estimate of drug-likeness (QED) is 0.557. The third kappa shape index (κ3) is 5.31. The highest BCUT2D eigenvalue weighted by molar-refractivity contribution is 6.02.